The summed E-state index contributed by atoms with van der Waals surface area (Å²) in [5.74, 6) is -0.203. The van der Waals surface area contributed by atoms with Crippen molar-refractivity contribution < 1.29 is 18.0 Å². The summed E-state index contributed by atoms with van der Waals surface area (Å²) in [5.41, 5.74) is 0.135. The number of piperidine rings is 1. The molecule has 136 valence electrons. The molecule has 4 heterocycles. The van der Waals surface area contributed by atoms with Crippen molar-refractivity contribution in [2.45, 2.75) is 25.1 Å². The van der Waals surface area contributed by atoms with E-state index in [0.717, 1.165) is 11.6 Å². The van der Waals surface area contributed by atoms with E-state index in [2.05, 4.69) is 15.3 Å². The van der Waals surface area contributed by atoms with Crippen molar-refractivity contribution in [1.82, 2.24) is 29.5 Å². The molecule has 0 bridgehead atoms. The molecule has 0 spiro atoms. The molecule has 4 rings (SSSR count). The fourth-order valence-electron chi connectivity index (χ4n) is 3.13. The van der Waals surface area contributed by atoms with E-state index in [1.165, 1.54) is 15.5 Å². The highest BCUT2D eigenvalue weighted by Crippen LogP contribution is 2.29. The number of amides is 1. The standard InChI is InChI=1S/C16H15F3N6O/c17-16(18,19)14-5-9-24(22-14)11-3-7-23(8-4-11)15(26)13-10-12-2-1-6-20-25(12)21-13/h1-2,5-6,9-11H,3-4,7-8H2. The molecule has 0 N–H and O–H groups in total. The van der Waals surface area contributed by atoms with Gasteiger partial charge in [-0.3, -0.25) is 9.48 Å². The minimum Gasteiger partial charge on any atom is -0.337 e. The number of hydrogen-bond acceptors (Lipinski definition) is 4. The van der Waals surface area contributed by atoms with Crippen LogP contribution in [0.15, 0.2) is 36.7 Å². The van der Waals surface area contributed by atoms with Crippen LogP contribution in [0, 0.1) is 0 Å². The van der Waals surface area contributed by atoms with Crippen LogP contribution in [-0.4, -0.2) is 48.5 Å². The van der Waals surface area contributed by atoms with Crippen LogP contribution in [0.4, 0.5) is 13.2 Å². The van der Waals surface area contributed by atoms with Crippen LogP contribution >= 0.6 is 0 Å². The Morgan fingerprint density at radius 1 is 1.15 bits per heavy atom. The monoisotopic (exact) mass is 364 g/mol. The summed E-state index contributed by atoms with van der Waals surface area (Å²) in [6, 6.07) is 6.05. The summed E-state index contributed by atoms with van der Waals surface area (Å²) in [6.07, 6.45) is -0.441. The molecule has 0 radical (unpaired) electrons. The van der Waals surface area contributed by atoms with Gasteiger partial charge >= 0.3 is 6.18 Å². The first kappa shape index (κ1) is 16.6. The first-order chi connectivity index (χ1) is 12.4. The molecule has 1 fully saturated rings. The van der Waals surface area contributed by atoms with E-state index in [1.807, 2.05) is 0 Å². The van der Waals surface area contributed by atoms with Gasteiger partial charge in [-0.05, 0) is 37.1 Å². The molecule has 3 aromatic rings. The largest absolute Gasteiger partial charge is 0.435 e. The topological polar surface area (TPSA) is 68.3 Å². The lowest BCUT2D eigenvalue weighted by atomic mass is 10.1. The molecule has 1 saturated heterocycles. The second-order valence-electron chi connectivity index (χ2n) is 6.17. The highest BCUT2D eigenvalue weighted by molar-refractivity contribution is 5.93. The lowest BCUT2D eigenvalue weighted by molar-refractivity contribution is -0.141. The van der Waals surface area contributed by atoms with E-state index in [-0.39, 0.29) is 11.9 Å². The highest BCUT2D eigenvalue weighted by Gasteiger charge is 2.34. The Balaban J connectivity index is 1.43. The minimum atomic E-state index is -4.45. The first-order valence-electron chi connectivity index (χ1n) is 8.14. The molecule has 0 saturated carbocycles. The number of hydrogen-bond donors (Lipinski definition) is 0. The number of aromatic nitrogens is 5. The van der Waals surface area contributed by atoms with Gasteiger partial charge in [-0.1, -0.05) is 0 Å². The van der Waals surface area contributed by atoms with Gasteiger partial charge in [-0.2, -0.15) is 28.0 Å². The van der Waals surface area contributed by atoms with Crippen molar-refractivity contribution >= 4 is 11.4 Å². The number of carbonyl (C=O) groups is 1. The van der Waals surface area contributed by atoms with Gasteiger partial charge in [0.05, 0.1) is 11.6 Å². The average molecular weight is 364 g/mol. The normalized spacial score (nSPS) is 16.3. The molecule has 1 aliphatic heterocycles. The summed E-state index contributed by atoms with van der Waals surface area (Å²) in [4.78, 5) is 14.3. The van der Waals surface area contributed by atoms with Crippen molar-refractivity contribution in [2.75, 3.05) is 13.1 Å². The number of likely N-dealkylation sites (tertiary alicyclic amines) is 1. The van der Waals surface area contributed by atoms with Crippen molar-refractivity contribution in [3.05, 3.63) is 48.0 Å². The molecule has 0 unspecified atom stereocenters. The van der Waals surface area contributed by atoms with Crippen LogP contribution in [0.5, 0.6) is 0 Å². The summed E-state index contributed by atoms with van der Waals surface area (Å²) in [7, 11) is 0. The van der Waals surface area contributed by atoms with E-state index in [1.54, 1.807) is 29.3 Å². The zero-order valence-electron chi connectivity index (χ0n) is 13.6. The zero-order chi connectivity index (χ0) is 18.3. The third-order valence-electron chi connectivity index (χ3n) is 4.49. The Kier molecular flexibility index (Phi) is 3.89. The summed E-state index contributed by atoms with van der Waals surface area (Å²) in [6.45, 7) is 0.873. The van der Waals surface area contributed by atoms with Crippen LogP contribution in [-0.2, 0) is 6.18 Å². The van der Waals surface area contributed by atoms with Crippen molar-refractivity contribution in [3.63, 3.8) is 0 Å². The lowest BCUT2D eigenvalue weighted by Crippen LogP contribution is -2.39. The molecule has 26 heavy (non-hydrogen) atoms. The van der Waals surface area contributed by atoms with E-state index in [4.69, 9.17) is 0 Å². The maximum atomic E-state index is 12.7. The smallest absolute Gasteiger partial charge is 0.337 e. The fraction of sp³-hybridized carbons (Fsp3) is 0.375. The minimum absolute atomic E-state index is 0.155. The quantitative estimate of drug-likeness (QED) is 0.700. The second kappa shape index (κ2) is 6.11. The number of alkyl halides is 3. The predicted octanol–water partition coefficient (Wildman–Crippen LogP) is 2.42. The molecular formula is C16H15F3N6O. The molecule has 0 aromatic carbocycles. The number of carbonyl (C=O) groups excluding carboxylic acids is 1. The number of fused-ring (bicyclic) bond motifs is 1. The summed E-state index contributed by atoms with van der Waals surface area (Å²) >= 11 is 0. The number of halogens is 3. The maximum Gasteiger partial charge on any atom is 0.435 e. The fourth-order valence-corrected chi connectivity index (χ4v) is 3.13. The van der Waals surface area contributed by atoms with E-state index >= 15 is 0 Å². The van der Waals surface area contributed by atoms with Crippen LogP contribution in [0.2, 0.25) is 0 Å². The van der Waals surface area contributed by atoms with Gasteiger partial charge in [0.15, 0.2) is 11.4 Å². The van der Waals surface area contributed by atoms with Crippen molar-refractivity contribution in [2.24, 2.45) is 0 Å². The van der Waals surface area contributed by atoms with E-state index in [9.17, 15) is 18.0 Å². The van der Waals surface area contributed by atoms with Crippen LogP contribution < -0.4 is 0 Å². The van der Waals surface area contributed by atoms with Gasteiger partial charge in [0.1, 0.15) is 0 Å². The Morgan fingerprint density at radius 3 is 2.58 bits per heavy atom. The SMILES string of the molecule is O=C(c1cc2cccnn2n1)N1CCC(n2ccc(C(F)(F)F)n2)CC1. The number of rotatable bonds is 2. The van der Waals surface area contributed by atoms with E-state index in [0.29, 0.717) is 31.6 Å². The molecule has 10 heteroatoms. The molecular weight excluding hydrogens is 349 g/mol. The van der Waals surface area contributed by atoms with Crippen molar-refractivity contribution in [3.8, 4) is 0 Å². The van der Waals surface area contributed by atoms with Gasteiger partial charge < -0.3 is 4.90 Å². The second-order valence-corrected chi connectivity index (χ2v) is 6.17. The average Bonchev–Trinajstić information content (AvgIpc) is 3.28. The molecule has 0 atom stereocenters. The molecule has 1 aliphatic rings. The van der Waals surface area contributed by atoms with Crippen LogP contribution in [0.3, 0.4) is 0 Å². The van der Waals surface area contributed by atoms with Crippen LogP contribution in [0.25, 0.3) is 5.52 Å². The Morgan fingerprint density at radius 2 is 1.92 bits per heavy atom. The van der Waals surface area contributed by atoms with E-state index < -0.39 is 11.9 Å². The Bertz CT molecular complexity index is 906. The molecule has 1 amide bonds. The highest BCUT2D eigenvalue weighted by atomic mass is 19.4. The summed E-state index contributed by atoms with van der Waals surface area (Å²) in [5, 5.41) is 11.8. The van der Waals surface area contributed by atoms with Gasteiger partial charge in [0.2, 0.25) is 0 Å². The molecule has 0 aliphatic carbocycles. The third-order valence-corrected chi connectivity index (χ3v) is 4.49. The van der Waals surface area contributed by atoms with Gasteiger partial charge in [-0.15, -0.1) is 5.10 Å². The van der Waals surface area contributed by atoms with Crippen molar-refractivity contribution in [1.29, 1.82) is 0 Å². The zero-order valence-corrected chi connectivity index (χ0v) is 13.6. The van der Waals surface area contributed by atoms with Gasteiger partial charge in [0.25, 0.3) is 5.91 Å². The predicted molar refractivity (Wildman–Crippen MR) is 84.4 cm³/mol. The summed E-state index contributed by atoms with van der Waals surface area (Å²) < 4.78 is 40.7. The van der Waals surface area contributed by atoms with Gasteiger partial charge in [0, 0.05) is 25.5 Å². The number of nitrogens with zero attached hydrogens (tertiary/aromatic N) is 6. The maximum absolute atomic E-state index is 12.7. The lowest BCUT2D eigenvalue weighted by Gasteiger charge is -2.31. The molecule has 7 nitrogen and oxygen atoms in total. The van der Waals surface area contributed by atoms with Crippen LogP contribution in [0.1, 0.15) is 35.1 Å². The first-order valence-corrected chi connectivity index (χ1v) is 8.14. The molecule has 3 aromatic heterocycles. The Labute approximate surface area is 146 Å². The Hall–Kier alpha value is -2.91. The third kappa shape index (κ3) is 3.02. The van der Waals surface area contributed by atoms with Gasteiger partial charge in [-0.25, -0.2) is 0 Å².